The molecule has 1 N–H and O–H groups in total. The molecule has 2 saturated heterocycles. The van der Waals surface area contributed by atoms with Crippen LogP contribution in [0.1, 0.15) is 53.7 Å². The first-order valence-electron chi connectivity index (χ1n) is 12.3. The molecule has 2 aromatic carbocycles. The lowest BCUT2D eigenvalue weighted by atomic mass is 10.0. The van der Waals surface area contributed by atoms with Crippen LogP contribution in [-0.2, 0) is 21.0 Å². The number of nitriles is 1. The molecular weight excluding hydrogens is 540 g/mol. The number of carbonyl (C=O) groups is 2. The van der Waals surface area contributed by atoms with Crippen LogP contribution in [0.3, 0.4) is 0 Å². The summed E-state index contributed by atoms with van der Waals surface area (Å²) in [5, 5.41) is 11.6. The summed E-state index contributed by atoms with van der Waals surface area (Å²) >= 11 is 0. The minimum absolute atomic E-state index is 0.0638. The van der Waals surface area contributed by atoms with Gasteiger partial charge in [-0.15, -0.1) is 0 Å². The highest BCUT2D eigenvalue weighted by atomic mass is 32.2. The van der Waals surface area contributed by atoms with Gasteiger partial charge in [-0.3, -0.25) is 9.59 Å². The van der Waals surface area contributed by atoms with Crippen molar-refractivity contribution >= 4 is 21.8 Å². The van der Waals surface area contributed by atoms with Crippen LogP contribution in [0.2, 0.25) is 0 Å². The summed E-state index contributed by atoms with van der Waals surface area (Å²) in [6.45, 7) is 2.02. The van der Waals surface area contributed by atoms with Gasteiger partial charge in [-0.05, 0) is 49.6 Å². The molecule has 39 heavy (non-hydrogen) atoms. The van der Waals surface area contributed by atoms with E-state index in [9.17, 15) is 35.6 Å². The zero-order valence-corrected chi connectivity index (χ0v) is 21.7. The number of alkyl halides is 3. The van der Waals surface area contributed by atoms with Crippen LogP contribution < -0.4 is 5.32 Å². The van der Waals surface area contributed by atoms with Crippen molar-refractivity contribution in [3.05, 3.63) is 65.0 Å². The first kappa shape index (κ1) is 28.5. The minimum Gasteiger partial charge on any atom is -0.347 e. The smallest absolute Gasteiger partial charge is 0.347 e. The van der Waals surface area contributed by atoms with Gasteiger partial charge in [0.2, 0.25) is 15.9 Å². The third-order valence-corrected chi connectivity index (χ3v) is 8.82. The maximum absolute atomic E-state index is 14.5. The Kier molecular flexibility index (Phi) is 7.99. The molecule has 2 fully saturated rings. The predicted molar refractivity (Wildman–Crippen MR) is 131 cm³/mol. The summed E-state index contributed by atoms with van der Waals surface area (Å²) < 4.78 is 80.2. The second-order valence-electron chi connectivity index (χ2n) is 9.54. The van der Waals surface area contributed by atoms with Crippen molar-refractivity contribution in [1.29, 1.82) is 5.26 Å². The molecule has 2 aromatic rings. The average Bonchev–Trinajstić information content (AvgIpc) is 3.36. The lowest BCUT2D eigenvalue weighted by Gasteiger charge is -2.34. The predicted octanol–water partition coefficient (Wildman–Crippen LogP) is 3.86. The summed E-state index contributed by atoms with van der Waals surface area (Å²) in [5.74, 6) is -2.62. The maximum Gasteiger partial charge on any atom is 0.416 e. The van der Waals surface area contributed by atoms with Crippen LogP contribution in [0, 0.1) is 23.1 Å². The van der Waals surface area contributed by atoms with E-state index in [1.165, 1.54) is 29.2 Å². The average molecular weight is 567 g/mol. The van der Waals surface area contributed by atoms with Crippen molar-refractivity contribution in [2.75, 3.05) is 19.6 Å². The number of nitrogens with zero attached hydrogens (tertiary/aromatic N) is 3. The molecule has 0 radical (unpaired) electrons. The van der Waals surface area contributed by atoms with Gasteiger partial charge in [0.1, 0.15) is 11.9 Å². The van der Waals surface area contributed by atoms with E-state index in [0.717, 1.165) is 16.4 Å². The molecule has 1 unspecified atom stereocenters. The van der Waals surface area contributed by atoms with E-state index in [-0.39, 0.29) is 48.0 Å². The van der Waals surface area contributed by atoms with Crippen LogP contribution in [-0.4, -0.2) is 55.1 Å². The van der Waals surface area contributed by atoms with E-state index in [4.69, 9.17) is 5.26 Å². The van der Waals surface area contributed by atoms with Gasteiger partial charge >= 0.3 is 6.18 Å². The molecule has 0 aromatic heterocycles. The minimum atomic E-state index is -4.71. The van der Waals surface area contributed by atoms with Gasteiger partial charge in [-0.25, -0.2) is 12.8 Å². The summed E-state index contributed by atoms with van der Waals surface area (Å²) in [7, 11) is -3.89. The van der Waals surface area contributed by atoms with Crippen LogP contribution in [0.5, 0.6) is 0 Å². The Bertz CT molecular complexity index is 1420. The van der Waals surface area contributed by atoms with Crippen LogP contribution in [0.4, 0.5) is 17.6 Å². The molecule has 2 aliphatic heterocycles. The third kappa shape index (κ3) is 5.77. The molecule has 2 aliphatic rings. The van der Waals surface area contributed by atoms with Gasteiger partial charge in [0, 0.05) is 30.8 Å². The van der Waals surface area contributed by atoms with E-state index in [1.807, 2.05) is 6.07 Å². The number of amides is 2. The van der Waals surface area contributed by atoms with Crippen molar-refractivity contribution in [2.45, 2.75) is 49.3 Å². The monoisotopic (exact) mass is 566 g/mol. The molecule has 2 heterocycles. The molecule has 2 atom stereocenters. The molecule has 0 bridgehead atoms. The van der Waals surface area contributed by atoms with E-state index in [1.54, 1.807) is 6.92 Å². The fourth-order valence-corrected chi connectivity index (χ4v) is 6.33. The molecule has 4 rings (SSSR count). The standard InChI is InChI=1S/C26H26F4N4O4S/c1-2-22(20-9-8-18(12-21(20)27)26(28,29)30)32-24(35)23-7-4-10-34(23)25(36)17-5-3-6-19(11-17)39(37,38)33-14-16(13-31)15-33/h3,5-6,8-9,11-12,16,22-23H,2,4,7,10,14-15H2,1H3,(H,32,35)/t22?,23-/m1/s1. The molecular formula is C26H26F4N4O4S. The molecule has 2 amide bonds. The number of sulfonamides is 1. The first-order chi connectivity index (χ1) is 18.4. The lowest BCUT2D eigenvalue weighted by molar-refractivity contribution is -0.137. The zero-order valence-electron chi connectivity index (χ0n) is 20.9. The van der Waals surface area contributed by atoms with Crippen molar-refractivity contribution in [3.63, 3.8) is 0 Å². The Balaban J connectivity index is 1.49. The Morgan fingerprint density at radius 2 is 1.90 bits per heavy atom. The second kappa shape index (κ2) is 10.9. The van der Waals surface area contributed by atoms with Crippen molar-refractivity contribution in [2.24, 2.45) is 5.92 Å². The van der Waals surface area contributed by atoms with E-state index in [0.29, 0.717) is 18.9 Å². The van der Waals surface area contributed by atoms with Crippen LogP contribution in [0.25, 0.3) is 0 Å². The Morgan fingerprint density at radius 1 is 1.18 bits per heavy atom. The maximum atomic E-state index is 14.5. The Morgan fingerprint density at radius 3 is 2.51 bits per heavy atom. The SMILES string of the molecule is CCC(NC(=O)[C@H]1CCCN1C(=O)c1cccc(S(=O)(=O)N2CC(C#N)C2)c1)c1ccc(C(F)(F)F)cc1F. The second-order valence-corrected chi connectivity index (χ2v) is 11.5. The van der Waals surface area contributed by atoms with E-state index < -0.39 is 51.5 Å². The highest BCUT2D eigenvalue weighted by Crippen LogP contribution is 2.32. The molecule has 8 nitrogen and oxygen atoms in total. The third-order valence-electron chi connectivity index (χ3n) is 6.99. The lowest BCUT2D eigenvalue weighted by Crippen LogP contribution is -2.49. The van der Waals surface area contributed by atoms with Gasteiger partial charge in [0.25, 0.3) is 5.91 Å². The summed E-state index contributed by atoms with van der Waals surface area (Å²) in [4.78, 5) is 27.7. The Hall–Kier alpha value is -3.50. The number of hydrogen-bond donors (Lipinski definition) is 1. The summed E-state index contributed by atoms with van der Waals surface area (Å²) in [6.07, 6.45) is -3.71. The van der Waals surface area contributed by atoms with Crippen LogP contribution >= 0.6 is 0 Å². The van der Waals surface area contributed by atoms with E-state index >= 15 is 0 Å². The molecule has 208 valence electrons. The fraction of sp³-hybridized carbons (Fsp3) is 0.423. The molecule has 13 heteroatoms. The number of hydrogen-bond acceptors (Lipinski definition) is 5. The highest BCUT2D eigenvalue weighted by molar-refractivity contribution is 7.89. The van der Waals surface area contributed by atoms with Crippen molar-refractivity contribution in [3.8, 4) is 6.07 Å². The van der Waals surface area contributed by atoms with Gasteiger partial charge in [-0.1, -0.05) is 19.1 Å². The largest absolute Gasteiger partial charge is 0.416 e. The van der Waals surface area contributed by atoms with E-state index in [2.05, 4.69) is 5.32 Å². The number of rotatable bonds is 7. The van der Waals surface area contributed by atoms with Crippen LogP contribution in [0.15, 0.2) is 47.4 Å². The van der Waals surface area contributed by atoms with Gasteiger partial charge < -0.3 is 10.2 Å². The zero-order chi connectivity index (χ0) is 28.5. The van der Waals surface area contributed by atoms with Gasteiger partial charge in [0.05, 0.1) is 28.5 Å². The topological polar surface area (TPSA) is 111 Å². The number of nitrogens with one attached hydrogen (secondary N) is 1. The number of halogens is 4. The van der Waals surface area contributed by atoms with Gasteiger partial charge in [-0.2, -0.15) is 22.7 Å². The normalized spacial score (nSPS) is 19.3. The molecule has 0 aliphatic carbocycles. The Labute approximate surface area is 223 Å². The van der Waals surface area contributed by atoms with Crippen molar-refractivity contribution < 1.29 is 35.6 Å². The summed E-state index contributed by atoms with van der Waals surface area (Å²) in [5.41, 5.74) is -1.17. The number of carbonyl (C=O) groups excluding carboxylic acids is 2. The highest BCUT2D eigenvalue weighted by Gasteiger charge is 2.39. The first-order valence-corrected chi connectivity index (χ1v) is 13.8. The number of likely N-dealkylation sites (tertiary alicyclic amines) is 1. The molecule has 0 saturated carbocycles. The quantitative estimate of drug-likeness (QED) is 0.512. The fourth-order valence-electron chi connectivity index (χ4n) is 4.76. The van der Waals surface area contributed by atoms with Gasteiger partial charge in [0.15, 0.2) is 0 Å². The number of benzene rings is 2. The van der Waals surface area contributed by atoms with Crippen molar-refractivity contribution in [1.82, 2.24) is 14.5 Å². The molecule has 0 spiro atoms. The summed E-state index contributed by atoms with van der Waals surface area (Å²) in [6, 6.07) is 7.75.